The Balaban J connectivity index is 3.57. The number of rotatable bonds is 1. The molecule has 0 radical (unpaired) electrons. The molecular weight excluding hydrogens is 100 g/mol. The Morgan fingerprint density at radius 3 is 1.50 bits per heavy atom. The molecule has 6 heavy (non-hydrogen) atoms. The first-order chi connectivity index (χ1) is 2.64. The van der Waals surface area contributed by atoms with Gasteiger partial charge in [0.25, 0.3) is 0 Å². The number of thiol groups is 1. The summed E-state index contributed by atoms with van der Waals surface area (Å²) in [5, 5.41) is -0.194. The van der Waals surface area contributed by atoms with E-state index in [1.165, 1.54) is 0 Å². The quantitative estimate of drug-likeness (QED) is 0.480. The summed E-state index contributed by atoms with van der Waals surface area (Å²) in [7, 11) is -2.16. The van der Waals surface area contributed by atoms with E-state index in [0.717, 1.165) is 0 Å². The summed E-state index contributed by atoms with van der Waals surface area (Å²) in [5.41, 5.74) is 0. The van der Waals surface area contributed by atoms with Crippen molar-refractivity contribution in [3.8, 4) is 0 Å². The van der Waals surface area contributed by atoms with E-state index in [4.69, 9.17) is 0 Å². The van der Waals surface area contributed by atoms with E-state index in [2.05, 4.69) is 0 Å². The molecule has 0 fully saturated rings. The van der Waals surface area contributed by atoms with Crippen molar-refractivity contribution in [1.29, 1.82) is 0 Å². The molecule has 3 heteroatoms. The van der Waals surface area contributed by atoms with Crippen LogP contribution in [-0.4, -0.2) is 13.7 Å². The third-order valence-electron chi connectivity index (χ3n) is 0.422. The first-order valence-electron chi connectivity index (χ1n) is 1.78. The zero-order chi connectivity index (χ0) is 5.15. The predicted octanol–water partition coefficient (Wildman–Crippen LogP) is 0.00620. The second-order valence-electron chi connectivity index (χ2n) is 1.38. The molecule has 0 saturated heterocycles. The zero-order valence-electron chi connectivity index (χ0n) is 3.84. The number of hydrogen-bond acceptors (Lipinski definition) is 2. The number of hydrogen-bond donors (Lipinski definition) is 1. The minimum Gasteiger partial charge on any atom is -0.232 e. The van der Waals surface area contributed by atoms with Crippen molar-refractivity contribution in [3.63, 3.8) is 0 Å². The van der Waals surface area contributed by atoms with Gasteiger partial charge in [0.15, 0.2) is 0 Å². The molecule has 0 aromatic carbocycles. The highest BCUT2D eigenvalue weighted by molar-refractivity contribution is 7.73. The molecule has 0 aliphatic carbocycles. The van der Waals surface area contributed by atoms with Crippen LogP contribution in [0.2, 0.25) is 0 Å². The van der Waals surface area contributed by atoms with Gasteiger partial charge in [0.2, 0.25) is 0 Å². The van der Waals surface area contributed by atoms with Gasteiger partial charge in [-0.25, -0.2) is 8.42 Å². The van der Waals surface area contributed by atoms with Crippen LogP contribution in [0.15, 0.2) is 0 Å². The molecular formula is C3H8O2S. The largest absolute Gasteiger partial charge is 0.232 e. The van der Waals surface area contributed by atoms with E-state index < -0.39 is 10.7 Å². The molecule has 0 bridgehead atoms. The van der Waals surface area contributed by atoms with Crippen LogP contribution >= 0.6 is 0 Å². The maximum absolute atomic E-state index is 9.74. The Morgan fingerprint density at radius 2 is 1.50 bits per heavy atom. The van der Waals surface area contributed by atoms with Crippen LogP contribution in [-0.2, 0) is 10.7 Å². The summed E-state index contributed by atoms with van der Waals surface area (Å²) >= 11 is 0. The van der Waals surface area contributed by atoms with Crippen molar-refractivity contribution in [1.82, 2.24) is 0 Å². The summed E-state index contributed by atoms with van der Waals surface area (Å²) < 4.78 is 19.5. The first-order valence-corrected chi connectivity index (χ1v) is 3.02. The molecule has 0 aromatic rings. The van der Waals surface area contributed by atoms with E-state index in [9.17, 15) is 8.42 Å². The van der Waals surface area contributed by atoms with Gasteiger partial charge >= 0.3 is 0 Å². The smallest absolute Gasteiger partial charge is 0.142 e. The maximum Gasteiger partial charge on any atom is 0.142 e. The van der Waals surface area contributed by atoms with Crippen LogP contribution < -0.4 is 0 Å². The Labute approximate surface area is 39.1 Å². The fraction of sp³-hybridized carbons (Fsp3) is 1.00. The van der Waals surface area contributed by atoms with E-state index in [1.54, 1.807) is 13.8 Å². The zero-order valence-corrected chi connectivity index (χ0v) is 4.74. The van der Waals surface area contributed by atoms with Crippen LogP contribution in [0.5, 0.6) is 0 Å². The van der Waals surface area contributed by atoms with Gasteiger partial charge < -0.3 is 0 Å². The van der Waals surface area contributed by atoms with E-state index in [0.29, 0.717) is 0 Å². The van der Waals surface area contributed by atoms with Crippen molar-refractivity contribution < 1.29 is 8.42 Å². The average Bonchev–Trinajstić information content (AvgIpc) is 1.36. The summed E-state index contributed by atoms with van der Waals surface area (Å²) in [6, 6.07) is 0. The van der Waals surface area contributed by atoms with E-state index >= 15 is 0 Å². The van der Waals surface area contributed by atoms with Crippen LogP contribution in [0, 0.1) is 0 Å². The molecule has 2 nitrogen and oxygen atoms in total. The molecule has 0 heterocycles. The fourth-order valence-corrected chi connectivity index (χ4v) is 0. The van der Waals surface area contributed by atoms with Gasteiger partial charge in [0.1, 0.15) is 10.7 Å². The topological polar surface area (TPSA) is 34.1 Å². The van der Waals surface area contributed by atoms with Gasteiger partial charge in [-0.05, 0) is 13.8 Å². The second kappa shape index (κ2) is 2.18. The van der Waals surface area contributed by atoms with Crippen LogP contribution in [0.3, 0.4) is 0 Å². The highest BCUT2D eigenvalue weighted by Crippen LogP contribution is 1.78. The normalized spacial score (nSPS) is 10.7. The maximum atomic E-state index is 9.74. The van der Waals surface area contributed by atoms with Gasteiger partial charge in [-0.2, -0.15) is 0 Å². The Bertz CT molecular complexity index is 85.0. The van der Waals surface area contributed by atoms with Crippen molar-refractivity contribution in [3.05, 3.63) is 0 Å². The molecule has 0 amide bonds. The van der Waals surface area contributed by atoms with Gasteiger partial charge in [-0.15, -0.1) is 0 Å². The average molecular weight is 108 g/mol. The van der Waals surface area contributed by atoms with Gasteiger partial charge in [0, 0.05) is 0 Å². The van der Waals surface area contributed by atoms with Crippen molar-refractivity contribution in [2.24, 2.45) is 0 Å². The van der Waals surface area contributed by atoms with Crippen LogP contribution in [0.25, 0.3) is 0 Å². The lowest BCUT2D eigenvalue weighted by Gasteiger charge is -1.82. The standard InChI is InChI=1S/C3H8O2S/c1-3(2)6(4)5/h3,6H,1-2H3. The van der Waals surface area contributed by atoms with Crippen molar-refractivity contribution in [2.75, 3.05) is 0 Å². The molecule has 0 N–H and O–H groups in total. The first kappa shape index (κ1) is 5.95. The minimum absolute atomic E-state index is 0.194. The molecule has 38 valence electrons. The summed E-state index contributed by atoms with van der Waals surface area (Å²) in [4.78, 5) is 0. The summed E-state index contributed by atoms with van der Waals surface area (Å²) in [6.07, 6.45) is 0. The monoisotopic (exact) mass is 108 g/mol. The minimum atomic E-state index is -2.16. The molecule has 0 rings (SSSR count). The lowest BCUT2D eigenvalue weighted by atomic mass is 10.6. The predicted molar refractivity (Wildman–Crippen MR) is 25.5 cm³/mol. The molecule has 0 aliphatic rings. The van der Waals surface area contributed by atoms with E-state index in [1.807, 2.05) is 0 Å². The van der Waals surface area contributed by atoms with Crippen molar-refractivity contribution in [2.45, 2.75) is 19.1 Å². The lowest BCUT2D eigenvalue weighted by molar-refractivity contribution is 0.607. The molecule has 0 atom stereocenters. The highest BCUT2D eigenvalue weighted by atomic mass is 32.2. The van der Waals surface area contributed by atoms with E-state index in [-0.39, 0.29) is 5.25 Å². The Kier molecular flexibility index (Phi) is 2.16. The van der Waals surface area contributed by atoms with Gasteiger partial charge in [0.05, 0.1) is 5.25 Å². The molecule has 0 unspecified atom stereocenters. The van der Waals surface area contributed by atoms with Gasteiger partial charge in [-0.3, -0.25) is 0 Å². The van der Waals surface area contributed by atoms with Crippen molar-refractivity contribution >= 4 is 10.7 Å². The summed E-state index contributed by atoms with van der Waals surface area (Å²) in [6.45, 7) is 3.29. The third-order valence-corrected chi connectivity index (χ3v) is 1.26. The third kappa shape index (κ3) is 2.20. The molecule has 0 aliphatic heterocycles. The van der Waals surface area contributed by atoms with Crippen LogP contribution in [0.1, 0.15) is 13.8 Å². The lowest BCUT2D eigenvalue weighted by Crippen LogP contribution is -1.93. The molecule has 0 saturated carbocycles. The Hall–Kier alpha value is -0.0500. The molecule has 0 spiro atoms. The highest BCUT2D eigenvalue weighted by Gasteiger charge is 1.88. The fourth-order valence-electron chi connectivity index (χ4n) is 0. The summed E-state index contributed by atoms with van der Waals surface area (Å²) in [5.74, 6) is 0. The van der Waals surface area contributed by atoms with Gasteiger partial charge in [-0.1, -0.05) is 0 Å². The Morgan fingerprint density at radius 1 is 1.33 bits per heavy atom. The SMILES string of the molecule is CC(C)[SH](=O)=O. The second-order valence-corrected chi connectivity index (χ2v) is 2.98. The van der Waals surface area contributed by atoms with Crippen LogP contribution in [0.4, 0.5) is 0 Å². The molecule has 0 aromatic heterocycles.